The highest BCUT2D eigenvalue weighted by Crippen LogP contribution is 2.18. The minimum absolute atomic E-state index is 0.164. The van der Waals surface area contributed by atoms with Gasteiger partial charge < -0.3 is 9.47 Å². The Hall–Kier alpha value is -1.39. The fourth-order valence-corrected chi connectivity index (χ4v) is 1.56. The second kappa shape index (κ2) is 6.37. The molecule has 0 radical (unpaired) electrons. The molecule has 0 aromatic heterocycles. The number of carbonyl (C=O) groups is 2. The number of benzene rings is 1. The fourth-order valence-electron chi connectivity index (χ4n) is 1.37. The molecule has 0 saturated heterocycles. The van der Waals surface area contributed by atoms with Crippen LogP contribution in [0.4, 0.5) is 0 Å². The van der Waals surface area contributed by atoms with E-state index in [4.69, 9.17) is 16.3 Å². The van der Waals surface area contributed by atoms with E-state index in [1.54, 1.807) is 19.1 Å². The van der Waals surface area contributed by atoms with E-state index in [2.05, 4.69) is 4.74 Å². The summed E-state index contributed by atoms with van der Waals surface area (Å²) in [6.07, 6.45) is 0. The van der Waals surface area contributed by atoms with Gasteiger partial charge in [-0.1, -0.05) is 11.6 Å². The van der Waals surface area contributed by atoms with Gasteiger partial charge in [-0.3, -0.25) is 4.79 Å². The fraction of sp³-hybridized carbons (Fsp3) is 0.333. The summed E-state index contributed by atoms with van der Waals surface area (Å²) in [6, 6.07) is 4.64. The van der Waals surface area contributed by atoms with Gasteiger partial charge in [0.25, 0.3) is 5.78 Å². The summed E-state index contributed by atoms with van der Waals surface area (Å²) in [5.74, 6) is -1.55. The smallest absolute Gasteiger partial charge is 0.379 e. The third kappa shape index (κ3) is 3.54. The van der Waals surface area contributed by atoms with Crippen molar-refractivity contribution in [1.82, 2.24) is 0 Å². The van der Waals surface area contributed by atoms with Crippen molar-refractivity contribution in [3.63, 3.8) is 0 Å². The molecule has 17 heavy (non-hydrogen) atoms. The Kier molecular flexibility index (Phi) is 5.12. The van der Waals surface area contributed by atoms with Gasteiger partial charge in [0.15, 0.2) is 0 Å². The molecule has 92 valence electrons. The molecule has 0 spiro atoms. The number of hydrogen-bond donors (Lipinski definition) is 0. The minimum atomic E-state index is -0.868. The molecule has 0 fully saturated rings. The molecule has 0 aliphatic heterocycles. The van der Waals surface area contributed by atoms with Crippen molar-refractivity contribution >= 4 is 23.4 Å². The Morgan fingerprint density at radius 3 is 2.65 bits per heavy atom. The van der Waals surface area contributed by atoms with Crippen molar-refractivity contribution in [1.29, 1.82) is 0 Å². The van der Waals surface area contributed by atoms with Gasteiger partial charge in [0, 0.05) is 17.7 Å². The van der Waals surface area contributed by atoms with Crippen LogP contribution < -0.4 is 0 Å². The molecule has 0 aliphatic carbocycles. The second-order valence-electron chi connectivity index (χ2n) is 3.28. The lowest BCUT2D eigenvalue weighted by Gasteiger charge is -2.07. The first-order chi connectivity index (χ1) is 8.10. The number of carbonyl (C=O) groups excluding carboxylic acids is 2. The predicted octanol–water partition coefficient (Wildman–Crippen LogP) is 2.23. The first-order valence-corrected chi connectivity index (χ1v) is 5.46. The molecule has 0 atom stereocenters. The number of ketones is 1. The van der Waals surface area contributed by atoms with Crippen LogP contribution in [-0.4, -0.2) is 25.5 Å². The highest BCUT2D eigenvalue weighted by molar-refractivity contribution is 6.41. The molecule has 0 heterocycles. The van der Waals surface area contributed by atoms with Crippen molar-refractivity contribution in [3.05, 3.63) is 34.3 Å². The number of rotatable bonds is 5. The van der Waals surface area contributed by atoms with E-state index in [0.29, 0.717) is 10.6 Å². The average molecular weight is 257 g/mol. The highest BCUT2D eigenvalue weighted by Gasteiger charge is 2.20. The predicted molar refractivity (Wildman–Crippen MR) is 63.1 cm³/mol. The van der Waals surface area contributed by atoms with E-state index in [9.17, 15) is 9.59 Å². The second-order valence-corrected chi connectivity index (χ2v) is 3.72. The van der Waals surface area contributed by atoms with E-state index >= 15 is 0 Å². The summed E-state index contributed by atoms with van der Waals surface area (Å²) >= 11 is 5.81. The number of ether oxygens (including phenoxy) is 2. The van der Waals surface area contributed by atoms with Crippen molar-refractivity contribution in [3.8, 4) is 0 Å². The molecular formula is C12H13ClO4. The third-order valence-corrected chi connectivity index (χ3v) is 2.31. The largest absolute Gasteiger partial charge is 0.460 e. The van der Waals surface area contributed by atoms with Gasteiger partial charge in [0.2, 0.25) is 0 Å². The van der Waals surface area contributed by atoms with Crippen molar-refractivity contribution in [2.75, 3.05) is 13.7 Å². The summed E-state index contributed by atoms with van der Waals surface area (Å²) < 4.78 is 9.61. The van der Waals surface area contributed by atoms with Crippen LogP contribution >= 0.6 is 11.6 Å². The maximum absolute atomic E-state index is 11.8. The van der Waals surface area contributed by atoms with Crippen molar-refractivity contribution < 1.29 is 19.1 Å². The zero-order valence-corrected chi connectivity index (χ0v) is 10.4. The lowest BCUT2D eigenvalue weighted by atomic mass is 10.0. The van der Waals surface area contributed by atoms with Crippen LogP contribution in [0.5, 0.6) is 0 Å². The average Bonchev–Trinajstić information content (AvgIpc) is 2.29. The molecular weight excluding hydrogens is 244 g/mol. The summed E-state index contributed by atoms with van der Waals surface area (Å²) in [5.41, 5.74) is 0.827. The van der Waals surface area contributed by atoms with Crippen LogP contribution in [0, 0.1) is 0 Å². The number of esters is 1. The Labute approximate surface area is 104 Å². The molecule has 1 aromatic carbocycles. The summed E-state index contributed by atoms with van der Waals surface area (Å²) in [7, 11) is 1.50. The Morgan fingerprint density at radius 1 is 1.35 bits per heavy atom. The molecule has 5 heteroatoms. The topological polar surface area (TPSA) is 52.6 Å². The van der Waals surface area contributed by atoms with Crippen LogP contribution in [0.3, 0.4) is 0 Å². The Morgan fingerprint density at radius 2 is 2.06 bits per heavy atom. The van der Waals surface area contributed by atoms with Gasteiger partial charge in [-0.25, -0.2) is 4.79 Å². The molecule has 1 rings (SSSR count). The summed E-state index contributed by atoms with van der Waals surface area (Å²) in [4.78, 5) is 23.1. The third-order valence-electron chi connectivity index (χ3n) is 2.07. The van der Waals surface area contributed by atoms with Gasteiger partial charge >= 0.3 is 5.97 Å². The van der Waals surface area contributed by atoms with Crippen LogP contribution in [0.15, 0.2) is 18.2 Å². The lowest BCUT2D eigenvalue weighted by Crippen LogP contribution is -2.19. The molecule has 0 amide bonds. The quantitative estimate of drug-likeness (QED) is 0.461. The van der Waals surface area contributed by atoms with Gasteiger partial charge in [-0.2, -0.15) is 0 Å². The van der Waals surface area contributed by atoms with Crippen molar-refractivity contribution in [2.24, 2.45) is 0 Å². The van der Waals surface area contributed by atoms with Crippen LogP contribution in [0.2, 0.25) is 5.02 Å². The minimum Gasteiger partial charge on any atom is -0.460 e. The Balaban J connectivity index is 3.03. The zero-order valence-electron chi connectivity index (χ0n) is 9.66. The number of Topliss-reactive ketones (excluding diaryl/α,β-unsaturated/α-hetero) is 1. The highest BCUT2D eigenvalue weighted by atomic mass is 35.5. The maximum Gasteiger partial charge on any atom is 0.379 e. The molecule has 1 aromatic rings. The summed E-state index contributed by atoms with van der Waals surface area (Å²) in [6.45, 7) is 2.02. The van der Waals surface area contributed by atoms with Crippen LogP contribution in [0.25, 0.3) is 0 Å². The lowest BCUT2D eigenvalue weighted by molar-refractivity contribution is -0.137. The number of halogens is 1. The van der Waals surface area contributed by atoms with E-state index in [0.717, 1.165) is 0 Å². The molecule has 0 aliphatic rings. The Bertz CT molecular complexity index is 429. The SMILES string of the molecule is CCOC(=O)C(=O)c1ccc(Cl)cc1COC. The molecule has 0 bridgehead atoms. The van der Waals surface area contributed by atoms with Gasteiger partial charge in [-0.15, -0.1) is 0 Å². The zero-order chi connectivity index (χ0) is 12.8. The first-order valence-electron chi connectivity index (χ1n) is 5.09. The standard InChI is InChI=1S/C12H13ClO4/c1-3-17-12(15)11(14)10-5-4-9(13)6-8(10)7-16-2/h4-6H,3,7H2,1-2H3. The van der Waals surface area contributed by atoms with Gasteiger partial charge in [0.1, 0.15) is 0 Å². The maximum atomic E-state index is 11.8. The van der Waals surface area contributed by atoms with E-state index in [1.165, 1.54) is 13.2 Å². The van der Waals surface area contributed by atoms with Gasteiger partial charge in [-0.05, 0) is 30.7 Å². The summed E-state index contributed by atoms with van der Waals surface area (Å²) in [5, 5.41) is 0.484. The molecule has 4 nitrogen and oxygen atoms in total. The number of methoxy groups -OCH3 is 1. The molecule has 0 N–H and O–H groups in total. The van der Waals surface area contributed by atoms with Crippen molar-refractivity contribution in [2.45, 2.75) is 13.5 Å². The van der Waals surface area contributed by atoms with E-state index in [1.807, 2.05) is 0 Å². The number of hydrogen-bond acceptors (Lipinski definition) is 4. The van der Waals surface area contributed by atoms with E-state index in [-0.39, 0.29) is 18.8 Å². The van der Waals surface area contributed by atoms with E-state index < -0.39 is 11.8 Å². The monoisotopic (exact) mass is 256 g/mol. The molecule has 0 saturated carbocycles. The van der Waals surface area contributed by atoms with Crippen LogP contribution in [0.1, 0.15) is 22.8 Å². The normalized spacial score (nSPS) is 10.1. The van der Waals surface area contributed by atoms with Crippen LogP contribution in [-0.2, 0) is 20.9 Å². The van der Waals surface area contributed by atoms with Gasteiger partial charge in [0.05, 0.1) is 13.2 Å². The first kappa shape index (κ1) is 13.7. The molecule has 0 unspecified atom stereocenters.